The Morgan fingerprint density at radius 1 is 1.35 bits per heavy atom. The fourth-order valence-electron chi connectivity index (χ4n) is 1.76. The highest BCUT2D eigenvalue weighted by Crippen LogP contribution is 2.14. The molecule has 0 amide bonds. The first-order valence-corrected chi connectivity index (χ1v) is 6.69. The van der Waals surface area contributed by atoms with Crippen LogP contribution >= 0.6 is 0 Å². The second-order valence-electron chi connectivity index (χ2n) is 4.43. The molecule has 0 fully saturated rings. The second-order valence-corrected chi connectivity index (χ2v) is 4.43. The van der Waals surface area contributed by atoms with Crippen molar-refractivity contribution in [2.75, 3.05) is 11.5 Å². The van der Waals surface area contributed by atoms with Crippen LogP contribution in [0, 0.1) is 12.3 Å². The maximum absolute atomic E-state index is 10.3. The molecule has 0 bridgehead atoms. The van der Waals surface area contributed by atoms with E-state index in [4.69, 9.17) is 17.9 Å². The van der Waals surface area contributed by atoms with E-state index in [2.05, 4.69) is 31.2 Å². The van der Waals surface area contributed by atoms with Gasteiger partial charge in [0.15, 0.2) is 17.0 Å². The first kappa shape index (κ1) is 15.9. The lowest BCUT2D eigenvalue weighted by Crippen LogP contribution is -2.13. The Labute approximate surface area is 132 Å². The molecule has 2 aromatic heterocycles. The number of rotatable bonds is 6. The van der Waals surface area contributed by atoms with E-state index in [1.807, 2.05) is 0 Å². The van der Waals surface area contributed by atoms with Crippen LogP contribution in [0.5, 0.6) is 0 Å². The second kappa shape index (κ2) is 7.51. The Morgan fingerprint density at radius 2 is 2.17 bits per heavy atom. The molecule has 2 rings (SSSR count). The lowest BCUT2D eigenvalue weighted by molar-refractivity contribution is -0.107. The average molecular weight is 309 g/mol. The third-order valence-corrected chi connectivity index (χ3v) is 2.74. The maximum atomic E-state index is 10.3. The summed E-state index contributed by atoms with van der Waals surface area (Å²) in [6.07, 6.45) is 12.9. The molecule has 23 heavy (non-hydrogen) atoms. The number of nitrogens with one attached hydrogen (secondary N) is 1. The quantitative estimate of drug-likeness (QED) is 0.395. The fourth-order valence-corrected chi connectivity index (χ4v) is 1.76. The molecule has 116 valence electrons. The van der Waals surface area contributed by atoms with Crippen molar-refractivity contribution >= 4 is 29.2 Å². The summed E-state index contributed by atoms with van der Waals surface area (Å²) in [4.78, 5) is 26.7. The van der Waals surface area contributed by atoms with Crippen molar-refractivity contribution in [1.29, 1.82) is 0 Å². The number of nitrogen functional groups attached to an aromatic ring is 2. The van der Waals surface area contributed by atoms with Crippen LogP contribution < -0.4 is 16.8 Å². The van der Waals surface area contributed by atoms with Crippen molar-refractivity contribution in [3.63, 3.8) is 0 Å². The SMILES string of the molecule is C#C/C=C(\C=C/CC=O)NCc1cnc2nc(N)nc(N)c2n1. The minimum atomic E-state index is 0.0507. The molecule has 0 aliphatic carbocycles. The standard InChI is InChI=1S/C15H15N7O/c1-2-5-10(6-3-4-7-23)18-8-11-9-19-14-12(20-11)13(16)21-15(17)22-14/h1,3,5-7,9,18H,4,8H2,(H4,16,17,19,21,22)/b6-3-,10-5+. The molecule has 0 radical (unpaired) electrons. The summed E-state index contributed by atoms with van der Waals surface area (Å²) in [7, 11) is 0. The number of nitrogens with zero attached hydrogens (tertiary/aromatic N) is 4. The maximum Gasteiger partial charge on any atom is 0.224 e. The van der Waals surface area contributed by atoms with E-state index in [0.717, 1.165) is 6.29 Å². The smallest absolute Gasteiger partial charge is 0.224 e. The van der Waals surface area contributed by atoms with Crippen LogP contribution in [0.1, 0.15) is 12.1 Å². The van der Waals surface area contributed by atoms with E-state index in [9.17, 15) is 4.79 Å². The minimum absolute atomic E-state index is 0.0507. The normalized spacial score (nSPS) is 11.5. The molecule has 0 saturated heterocycles. The monoisotopic (exact) mass is 309 g/mol. The molecule has 5 N–H and O–H groups in total. The number of hydrogen-bond acceptors (Lipinski definition) is 8. The molecule has 0 saturated carbocycles. The van der Waals surface area contributed by atoms with Crippen molar-refractivity contribution < 1.29 is 4.79 Å². The van der Waals surface area contributed by atoms with Crippen molar-refractivity contribution in [1.82, 2.24) is 25.3 Å². The van der Waals surface area contributed by atoms with Gasteiger partial charge < -0.3 is 21.6 Å². The van der Waals surface area contributed by atoms with E-state index in [1.165, 1.54) is 0 Å². The van der Waals surface area contributed by atoms with Crippen molar-refractivity contribution in [3.05, 3.63) is 35.8 Å². The highest BCUT2D eigenvalue weighted by atomic mass is 16.1. The van der Waals surface area contributed by atoms with Crippen molar-refractivity contribution in [2.45, 2.75) is 13.0 Å². The summed E-state index contributed by atoms with van der Waals surface area (Å²) in [6.45, 7) is 0.367. The van der Waals surface area contributed by atoms with Gasteiger partial charge in [-0.2, -0.15) is 9.97 Å². The molecule has 0 spiro atoms. The molecule has 0 aromatic carbocycles. The predicted molar refractivity (Wildman–Crippen MR) is 87.5 cm³/mol. The van der Waals surface area contributed by atoms with Crippen LogP contribution in [0.2, 0.25) is 0 Å². The summed E-state index contributed by atoms with van der Waals surface area (Å²) in [6, 6.07) is 0. The van der Waals surface area contributed by atoms with Crippen LogP contribution in [-0.4, -0.2) is 26.2 Å². The summed E-state index contributed by atoms with van der Waals surface area (Å²) in [5.74, 6) is 2.65. The Morgan fingerprint density at radius 3 is 2.91 bits per heavy atom. The number of allylic oxidation sites excluding steroid dienone is 3. The van der Waals surface area contributed by atoms with Gasteiger partial charge in [0, 0.05) is 18.2 Å². The number of carbonyl (C=O) groups excluding carboxylic acids is 1. The summed E-state index contributed by atoms with van der Waals surface area (Å²) in [5, 5.41) is 3.10. The van der Waals surface area contributed by atoms with Gasteiger partial charge in [-0.25, -0.2) is 9.97 Å². The molecule has 0 atom stereocenters. The fraction of sp³-hybridized carbons (Fsp3) is 0.133. The zero-order valence-electron chi connectivity index (χ0n) is 12.2. The highest BCUT2D eigenvalue weighted by Gasteiger charge is 2.07. The van der Waals surface area contributed by atoms with Gasteiger partial charge in [-0.15, -0.1) is 6.42 Å². The van der Waals surface area contributed by atoms with Crippen molar-refractivity contribution in [3.8, 4) is 12.3 Å². The molecule has 0 aliphatic rings. The number of aromatic nitrogens is 4. The van der Waals surface area contributed by atoms with Gasteiger partial charge in [0.2, 0.25) is 5.95 Å². The molecule has 0 aliphatic heterocycles. The van der Waals surface area contributed by atoms with E-state index in [-0.39, 0.29) is 11.8 Å². The molecule has 2 heterocycles. The molecular formula is C15H15N7O. The summed E-state index contributed by atoms with van der Waals surface area (Å²) in [5.41, 5.74) is 13.3. The third kappa shape index (κ3) is 4.25. The van der Waals surface area contributed by atoms with E-state index in [1.54, 1.807) is 24.4 Å². The van der Waals surface area contributed by atoms with Gasteiger partial charge in [-0.3, -0.25) is 0 Å². The molecule has 2 aromatic rings. The molecule has 8 heteroatoms. The first-order chi connectivity index (χ1) is 11.1. The third-order valence-electron chi connectivity index (χ3n) is 2.74. The minimum Gasteiger partial charge on any atom is -0.382 e. The van der Waals surface area contributed by atoms with Gasteiger partial charge in [0.25, 0.3) is 0 Å². The highest BCUT2D eigenvalue weighted by molar-refractivity contribution is 5.81. The van der Waals surface area contributed by atoms with Gasteiger partial charge in [0.05, 0.1) is 18.4 Å². The first-order valence-electron chi connectivity index (χ1n) is 6.69. The molecule has 8 nitrogen and oxygen atoms in total. The topological polar surface area (TPSA) is 133 Å². The average Bonchev–Trinajstić information content (AvgIpc) is 2.53. The molecule has 0 unspecified atom stereocenters. The molecular weight excluding hydrogens is 294 g/mol. The number of carbonyl (C=O) groups is 1. The zero-order chi connectivity index (χ0) is 16.7. The summed E-state index contributed by atoms with van der Waals surface area (Å²) < 4.78 is 0. The number of aldehydes is 1. The van der Waals surface area contributed by atoms with Crippen LogP contribution in [0.3, 0.4) is 0 Å². The lowest BCUT2D eigenvalue weighted by Gasteiger charge is -2.07. The number of fused-ring (bicyclic) bond motifs is 1. The van der Waals surface area contributed by atoms with Crippen LogP contribution in [-0.2, 0) is 11.3 Å². The van der Waals surface area contributed by atoms with E-state index < -0.39 is 0 Å². The predicted octanol–water partition coefficient (Wildman–Crippen LogP) is 0.336. The Hall–Kier alpha value is -3.47. The van der Waals surface area contributed by atoms with Gasteiger partial charge >= 0.3 is 0 Å². The number of terminal acetylenes is 1. The Kier molecular flexibility index (Phi) is 5.20. The van der Waals surface area contributed by atoms with Crippen molar-refractivity contribution in [2.24, 2.45) is 0 Å². The largest absolute Gasteiger partial charge is 0.382 e. The van der Waals surface area contributed by atoms with Crippen LogP contribution in [0.4, 0.5) is 11.8 Å². The van der Waals surface area contributed by atoms with Gasteiger partial charge in [0.1, 0.15) is 6.29 Å². The number of anilines is 2. The number of hydrogen-bond donors (Lipinski definition) is 3. The zero-order valence-corrected chi connectivity index (χ0v) is 12.2. The van der Waals surface area contributed by atoms with Gasteiger partial charge in [-0.1, -0.05) is 12.0 Å². The number of nitrogens with two attached hydrogens (primary N) is 2. The van der Waals surface area contributed by atoms with E-state index in [0.29, 0.717) is 35.5 Å². The van der Waals surface area contributed by atoms with Gasteiger partial charge in [-0.05, 0) is 6.08 Å². The van der Waals surface area contributed by atoms with E-state index >= 15 is 0 Å². The van der Waals surface area contributed by atoms with Crippen LogP contribution in [0.15, 0.2) is 30.1 Å². The summed E-state index contributed by atoms with van der Waals surface area (Å²) >= 11 is 0. The Balaban J connectivity index is 2.16. The Bertz CT molecular complexity index is 820. The lowest BCUT2D eigenvalue weighted by atomic mass is 10.3. The van der Waals surface area contributed by atoms with Crippen LogP contribution in [0.25, 0.3) is 11.2 Å².